The zero-order chi connectivity index (χ0) is 22.7. The first-order valence-corrected chi connectivity index (χ1v) is 12.0. The van der Waals surface area contributed by atoms with Crippen molar-refractivity contribution in [2.24, 2.45) is 5.92 Å². The van der Waals surface area contributed by atoms with Crippen molar-refractivity contribution in [3.8, 4) is 5.75 Å². The van der Waals surface area contributed by atoms with Crippen LogP contribution in [-0.2, 0) is 21.4 Å². The predicted octanol–water partition coefficient (Wildman–Crippen LogP) is 4.77. The number of methoxy groups -OCH3 is 1. The lowest BCUT2D eigenvalue weighted by atomic mass is 9.77. The fourth-order valence-corrected chi connectivity index (χ4v) is 5.65. The van der Waals surface area contributed by atoms with Crippen molar-refractivity contribution in [1.29, 1.82) is 0 Å². The highest BCUT2D eigenvalue weighted by molar-refractivity contribution is 5.89. The molecule has 0 unspecified atom stereocenters. The lowest BCUT2D eigenvalue weighted by molar-refractivity contribution is -0.137. The summed E-state index contributed by atoms with van der Waals surface area (Å²) in [5.41, 5.74) is 2.96. The Labute approximate surface area is 195 Å². The Morgan fingerprint density at radius 2 is 1.91 bits per heavy atom. The maximum Gasteiger partial charge on any atom is 0.233 e. The Morgan fingerprint density at radius 3 is 2.70 bits per heavy atom. The molecule has 1 atom stereocenters. The van der Waals surface area contributed by atoms with Crippen LogP contribution in [0.4, 0.5) is 0 Å². The van der Waals surface area contributed by atoms with Crippen LogP contribution < -0.4 is 4.74 Å². The van der Waals surface area contributed by atoms with Crippen LogP contribution in [0.15, 0.2) is 60.8 Å². The van der Waals surface area contributed by atoms with Gasteiger partial charge >= 0.3 is 0 Å². The molecule has 1 saturated heterocycles. The molecule has 0 radical (unpaired) electrons. The van der Waals surface area contributed by atoms with Gasteiger partial charge in [-0.05, 0) is 48.6 Å². The number of carbonyl (C=O) groups excluding carboxylic acids is 1. The van der Waals surface area contributed by atoms with Crippen LogP contribution >= 0.6 is 0 Å². The summed E-state index contributed by atoms with van der Waals surface area (Å²) in [7, 11) is 1.67. The number of fused-ring (bicyclic) bond motifs is 1. The number of amides is 1. The zero-order valence-electron chi connectivity index (χ0n) is 19.3. The van der Waals surface area contributed by atoms with Crippen LogP contribution in [-0.4, -0.2) is 49.2 Å². The molecule has 2 aromatic carbocycles. The zero-order valence-corrected chi connectivity index (χ0v) is 19.3. The summed E-state index contributed by atoms with van der Waals surface area (Å²) in [5.74, 6) is 1.33. The molecule has 5 rings (SSSR count). The largest absolute Gasteiger partial charge is 0.497 e. The molecule has 1 amide bonds. The summed E-state index contributed by atoms with van der Waals surface area (Å²) in [6.07, 6.45) is 6.71. The summed E-state index contributed by atoms with van der Waals surface area (Å²) in [6, 6.07) is 18.5. The van der Waals surface area contributed by atoms with Crippen LogP contribution in [0.5, 0.6) is 5.75 Å². The molecule has 1 aromatic heterocycles. The SMILES string of the molecule is COc1ccc(C2(C(=O)N3CCOC[C@H](Cc4cccc5cccnc45)C3)CCCC2)cc1. The minimum atomic E-state index is -0.428. The smallest absolute Gasteiger partial charge is 0.233 e. The molecular formula is C28H32N2O3. The molecule has 2 heterocycles. The van der Waals surface area contributed by atoms with E-state index in [0.29, 0.717) is 19.8 Å². The highest BCUT2D eigenvalue weighted by atomic mass is 16.5. The first-order chi connectivity index (χ1) is 16.2. The van der Waals surface area contributed by atoms with Gasteiger partial charge in [0.15, 0.2) is 0 Å². The van der Waals surface area contributed by atoms with Gasteiger partial charge in [-0.2, -0.15) is 0 Å². The lowest BCUT2D eigenvalue weighted by Gasteiger charge is -2.35. The second-order valence-electron chi connectivity index (χ2n) is 9.41. The van der Waals surface area contributed by atoms with E-state index in [-0.39, 0.29) is 11.8 Å². The third-order valence-electron chi connectivity index (χ3n) is 7.36. The maximum atomic E-state index is 14.1. The van der Waals surface area contributed by atoms with E-state index in [1.807, 2.05) is 24.4 Å². The van der Waals surface area contributed by atoms with Gasteiger partial charge in [-0.25, -0.2) is 0 Å². The highest BCUT2D eigenvalue weighted by Gasteiger charge is 2.45. The van der Waals surface area contributed by atoms with Gasteiger partial charge in [-0.3, -0.25) is 9.78 Å². The first-order valence-electron chi connectivity index (χ1n) is 12.0. The van der Waals surface area contributed by atoms with Gasteiger partial charge in [0.2, 0.25) is 5.91 Å². The molecule has 0 bridgehead atoms. The third-order valence-corrected chi connectivity index (χ3v) is 7.36. The first kappa shape index (κ1) is 21.9. The van der Waals surface area contributed by atoms with E-state index >= 15 is 0 Å². The van der Waals surface area contributed by atoms with Crippen LogP contribution in [0.25, 0.3) is 10.9 Å². The number of nitrogens with zero attached hydrogens (tertiary/aromatic N) is 2. The van der Waals surface area contributed by atoms with E-state index in [1.54, 1.807) is 7.11 Å². The standard InChI is InChI=1S/C28H32N2O3/c1-32-25-11-9-24(10-12-25)28(13-2-3-14-28)27(31)30-16-17-33-20-21(19-30)18-23-7-4-6-22-8-5-15-29-26(22)23/h4-12,15,21H,2-3,13-14,16-20H2,1H3/t21-/m1/s1. The monoisotopic (exact) mass is 444 g/mol. The van der Waals surface area contributed by atoms with Crippen molar-refractivity contribution in [1.82, 2.24) is 9.88 Å². The Hall–Kier alpha value is -2.92. The molecule has 3 aromatic rings. The number of hydrogen-bond acceptors (Lipinski definition) is 4. The fraction of sp³-hybridized carbons (Fsp3) is 0.429. The van der Waals surface area contributed by atoms with Crippen molar-refractivity contribution in [2.75, 3.05) is 33.4 Å². The van der Waals surface area contributed by atoms with Crippen LogP contribution in [0.3, 0.4) is 0 Å². The quantitative estimate of drug-likeness (QED) is 0.569. The van der Waals surface area contributed by atoms with Crippen molar-refractivity contribution in [3.05, 3.63) is 71.9 Å². The van der Waals surface area contributed by atoms with Gasteiger partial charge in [0.1, 0.15) is 5.75 Å². The minimum absolute atomic E-state index is 0.248. The Morgan fingerprint density at radius 1 is 1.12 bits per heavy atom. The number of rotatable bonds is 5. The Bertz CT molecular complexity index is 1100. The van der Waals surface area contributed by atoms with Gasteiger partial charge in [-0.1, -0.05) is 49.2 Å². The van der Waals surface area contributed by atoms with Crippen LogP contribution in [0.2, 0.25) is 0 Å². The number of aromatic nitrogens is 1. The predicted molar refractivity (Wildman–Crippen MR) is 129 cm³/mol. The number of benzene rings is 2. The van der Waals surface area contributed by atoms with Gasteiger partial charge in [-0.15, -0.1) is 0 Å². The Balaban J connectivity index is 1.39. The molecule has 2 fully saturated rings. The summed E-state index contributed by atoms with van der Waals surface area (Å²) in [4.78, 5) is 20.8. The van der Waals surface area contributed by atoms with Gasteiger partial charge in [0, 0.05) is 30.6 Å². The van der Waals surface area contributed by atoms with E-state index in [4.69, 9.17) is 9.47 Å². The van der Waals surface area contributed by atoms with Crippen LogP contribution in [0, 0.1) is 5.92 Å². The van der Waals surface area contributed by atoms with E-state index in [2.05, 4.69) is 46.3 Å². The second kappa shape index (κ2) is 9.52. The normalized spacial score (nSPS) is 20.5. The van der Waals surface area contributed by atoms with Crippen molar-refractivity contribution >= 4 is 16.8 Å². The molecule has 33 heavy (non-hydrogen) atoms. The van der Waals surface area contributed by atoms with E-state index in [9.17, 15) is 4.79 Å². The molecule has 5 nitrogen and oxygen atoms in total. The van der Waals surface area contributed by atoms with Crippen molar-refractivity contribution in [3.63, 3.8) is 0 Å². The number of para-hydroxylation sites is 1. The van der Waals surface area contributed by atoms with Crippen molar-refractivity contribution in [2.45, 2.75) is 37.5 Å². The molecule has 1 aliphatic carbocycles. The average Bonchev–Trinajstić information content (AvgIpc) is 3.25. The van der Waals surface area contributed by atoms with E-state index < -0.39 is 5.41 Å². The molecule has 0 spiro atoms. The second-order valence-corrected chi connectivity index (χ2v) is 9.41. The fourth-order valence-electron chi connectivity index (χ4n) is 5.65. The summed E-state index contributed by atoms with van der Waals surface area (Å²) in [6.45, 7) is 2.64. The molecule has 1 aliphatic heterocycles. The Kier molecular flexibility index (Phi) is 6.32. The van der Waals surface area contributed by atoms with E-state index in [1.165, 1.54) is 5.56 Å². The molecule has 172 valence electrons. The minimum Gasteiger partial charge on any atom is -0.497 e. The number of pyridine rings is 1. The van der Waals surface area contributed by atoms with Gasteiger partial charge in [0.25, 0.3) is 0 Å². The summed E-state index contributed by atoms with van der Waals surface area (Å²) >= 11 is 0. The number of ether oxygens (including phenoxy) is 2. The molecular weight excluding hydrogens is 412 g/mol. The molecule has 0 N–H and O–H groups in total. The molecule has 2 aliphatic rings. The maximum absolute atomic E-state index is 14.1. The average molecular weight is 445 g/mol. The third kappa shape index (κ3) is 4.34. The number of carbonyl (C=O) groups is 1. The molecule has 5 heteroatoms. The van der Waals surface area contributed by atoms with E-state index in [0.717, 1.165) is 60.9 Å². The molecule has 1 saturated carbocycles. The summed E-state index contributed by atoms with van der Waals surface area (Å²) < 4.78 is 11.3. The summed E-state index contributed by atoms with van der Waals surface area (Å²) in [5, 5.41) is 1.15. The van der Waals surface area contributed by atoms with Crippen LogP contribution in [0.1, 0.15) is 36.8 Å². The highest BCUT2D eigenvalue weighted by Crippen LogP contribution is 2.43. The van der Waals surface area contributed by atoms with Gasteiger partial charge in [0.05, 0.1) is 31.3 Å². The lowest BCUT2D eigenvalue weighted by Crippen LogP contribution is -2.47. The topological polar surface area (TPSA) is 51.7 Å². The van der Waals surface area contributed by atoms with Gasteiger partial charge < -0.3 is 14.4 Å². The number of hydrogen-bond donors (Lipinski definition) is 0. The van der Waals surface area contributed by atoms with Crippen molar-refractivity contribution < 1.29 is 14.3 Å².